The van der Waals surface area contributed by atoms with Crippen LogP contribution in [0.4, 0.5) is 0 Å². The van der Waals surface area contributed by atoms with Crippen molar-refractivity contribution in [3.8, 4) is 23.0 Å². The number of ether oxygens (including phenoxy) is 4. The second-order valence-corrected chi connectivity index (χ2v) is 7.08. The minimum atomic E-state index is -0.141. The van der Waals surface area contributed by atoms with E-state index in [0.29, 0.717) is 66.7 Å². The van der Waals surface area contributed by atoms with Gasteiger partial charge >= 0.3 is 0 Å². The first-order valence-corrected chi connectivity index (χ1v) is 10.0. The van der Waals surface area contributed by atoms with Crippen LogP contribution < -0.4 is 18.9 Å². The quantitative estimate of drug-likeness (QED) is 0.704. The van der Waals surface area contributed by atoms with E-state index in [2.05, 4.69) is 0 Å². The summed E-state index contributed by atoms with van der Waals surface area (Å²) in [6.07, 6.45) is 0.693. The van der Waals surface area contributed by atoms with E-state index in [4.69, 9.17) is 18.9 Å². The monoisotopic (exact) mass is 428 g/mol. The molecule has 1 saturated heterocycles. The van der Waals surface area contributed by atoms with Gasteiger partial charge in [-0.3, -0.25) is 9.59 Å². The first-order chi connectivity index (χ1) is 15.0. The van der Waals surface area contributed by atoms with Gasteiger partial charge in [0, 0.05) is 37.3 Å². The van der Waals surface area contributed by atoms with Gasteiger partial charge in [0.15, 0.2) is 11.5 Å². The Bertz CT molecular complexity index is 903. The molecule has 0 saturated carbocycles. The standard InChI is InChI=1S/C23H28N2O6/c1-28-18-8-6-16(7-9-18)22(26)24-10-5-11-25(13-12-24)23(27)17-14-19(29-2)21(31-4)20(15-17)30-3/h6-9,14-15H,5,10-13H2,1-4H3. The summed E-state index contributed by atoms with van der Waals surface area (Å²) < 4.78 is 21.2. The van der Waals surface area contributed by atoms with Gasteiger partial charge in [0.05, 0.1) is 28.4 Å². The molecule has 8 nitrogen and oxygen atoms in total. The largest absolute Gasteiger partial charge is 0.497 e. The molecule has 1 aliphatic rings. The van der Waals surface area contributed by atoms with Gasteiger partial charge < -0.3 is 28.7 Å². The van der Waals surface area contributed by atoms with E-state index in [1.807, 2.05) is 0 Å². The first kappa shape index (κ1) is 22.3. The van der Waals surface area contributed by atoms with Crippen LogP contribution in [0.5, 0.6) is 23.0 Å². The highest BCUT2D eigenvalue weighted by molar-refractivity contribution is 5.96. The van der Waals surface area contributed by atoms with Gasteiger partial charge in [-0.1, -0.05) is 0 Å². The molecule has 31 heavy (non-hydrogen) atoms. The van der Waals surface area contributed by atoms with E-state index < -0.39 is 0 Å². The molecule has 0 unspecified atom stereocenters. The van der Waals surface area contributed by atoms with Crippen LogP contribution >= 0.6 is 0 Å². The Balaban J connectivity index is 1.73. The van der Waals surface area contributed by atoms with E-state index in [9.17, 15) is 9.59 Å². The molecular formula is C23H28N2O6. The van der Waals surface area contributed by atoms with Gasteiger partial charge in [0.25, 0.3) is 11.8 Å². The molecule has 0 aliphatic carbocycles. The summed E-state index contributed by atoms with van der Waals surface area (Å²) >= 11 is 0. The van der Waals surface area contributed by atoms with Gasteiger partial charge in [0.1, 0.15) is 5.75 Å². The summed E-state index contributed by atoms with van der Waals surface area (Å²) in [5.74, 6) is 1.80. The molecule has 0 atom stereocenters. The summed E-state index contributed by atoms with van der Waals surface area (Å²) in [4.78, 5) is 29.6. The fourth-order valence-electron chi connectivity index (χ4n) is 3.63. The van der Waals surface area contributed by atoms with Crippen molar-refractivity contribution < 1.29 is 28.5 Å². The molecule has 1 fully saturated rings. The number of carbonyl (C=O) groups is 2. The maximum atomic E-state index is 13.2. The number of carbonyl (C=O) groups excluding carboxylic acids is 2. The van der Waals surface area contributed by atoms with Crippen LogP contribution in [0.25, 0.3) is 0 Å². The number of hydrogen-bond donors (Lipinski definition) is 0. The van der Waals surface area contributed by atoms with Crippen molar-refractivity contribution in [1.29, 1.82) is 0 Å². The van der Waals surface area contributed by atoms with Crippen LogP contribution in [0, 0.1) is 0 Å². The second kappa shape index (κ2) is 10.1. The Kier molecular flexibility index (Phi) is 7.23. The lowest BCUT2D eigenvalue weighted by Crippen LogP contribution is -2.37. The molecule has 8 heteroatoms. The summed E-state index contributed by atoms with van der Waals surface area (Å²) in [6, 6.07) is 10.3. The summed E-state index contributed by atoms with van der Waals surface area (Å²) in [7, 11) is 6.14. The van der Waals surface area contributed by atoms with E-state index in [1.165, 1.54) is 21.3 Å². The van der Waals surface area contributed by atoms with Gasteiger partial charge in [-0.25, -0.2) is 0 Å². The summed E-state index contributed by atoms with van der Waals surface area (Å²) in [5.41, 5.74) is 1.05. The van der Waals surface area contributed by atoms with Crippen molar-refractivity contribution in [2.24, 2.45) is 0 Å². The predicted octanol–water partition coefficient (Wildman–Crippen LogP) is 2.71. The van der Waals surface area contributed by atoms with E-state index >= 15 is 0 Å². The van der Waals surface area contributed by atoms with Gasteiger partial charge in [0.2, 0.25) is 5.75 Å². The Labute approximate surface area is 182 Å². The normalized spacial score (nSPS) is 13.9. The molecule has 166 valence electrons. The predicted molar refractivity (Wildman–Crippen MR) is 116 cm³/mol. The highest BCUT2D eigenvalue weighted by atomic mass is 16.5. The molecular weight excluding hydrogens is 400 g/mol. The Morgan fingerprint density at radius 1 is 0.677 bits per heavy atom. The smallest absolute Gasteiger partial charge is 0.254 e. The van der Waals surface area contributed by atoms with E-state index in [1.54, 1.807) is 53.3 Å². The van der Waals surface area contributed by atoms with Crippen LogP contribution in [-0.2, 0) is 0 Å². The zero-order valence-electron chi connectivity index (χ0n) is 18.3. The van der Waals surface area contributed by atoms with Gasteiger partial charge in [-0.05, 0) is 42.8 Å². The minimum absolute atomic E-state index is 0.0512. The number of rotatable bonds is 6. The molecule has 2 aromatic carbocycles. The van der Waals surface area contributed by atoms with E-state index in [-0.39, 0.29) is 11.8 Å². The lowest BCUT2D eigenvalue weighted by Gasteiger charge is -2.23. The van der Waals surface area contributed by atoms with E-state index in [0.717, 1.165) is 0 Å². The average molecular weight is 428 g/mol. The topological polar surface area (TPSA) is 77.5 Å². The van der Waals surface area contributed by atoms with Crippen molar-refractivity contribution in [3.63, 3.8) is 0 Å². The van der Waals surface area contributed by atoms with Crippen LogP contribution in [0.1, 0.15) is 27.1 Å². The minimum Gasteiger partial charge on any atom is -0.497 e. The SMILES string of the molecule is COc1ccc(C(=O)N2CCCN(C(=O)c3cc(OC)c(OC)c(OC)c3)CC2)cc1. The fourth-order valence-corrected chi connectivity index (χ4v) is 3.63. The molecule has 0 N–H and O–H groups in total. The maximum absolute atomic E-state index is 13.2. The van der Waals surface area contributed by atoms with Crippen molar-refractivity contribution in [3.05, 3.63) is 47.5 Å². The third-order valence-corrected chi connectivity index (χ3v) is 5.32. The zero-order valence-corrected chi connectivity index (χ0v) is 18.3. The molecule has 1 aliphatic heterocycles. The molecule has 0 radical (unpaired) electrons. The number of methoxy groups -OCH3 is 4. The Hall–Kier alpha value is -3.42. The number of hydrogen-bond acceptors (Lipinski definition) is 6. The summed E-state index contributed by atoms with van der Waals surface area (Å²) in [6.45, 7) is 2.05. The molecule has 3 rings (SSSR count). The molecule has 2 amide bonds. The summed E-state index contributed by atoms with van der Waals surface area (Å²) in [5, 5.41) is 0. The van der Waals surface area contributed by atoms with Crippen LogP contribution in [0.15, 0.2) is 36.4 Å². The lowest BCUT2D eigenvalue weighted by atomic mass is 10.1. The third kappa shape index (κ3) is 4.84. The van der Waals surface area contributed by atoms with Crippen LogP contribution in [0.3, 0.4) is 0 Å². The lowest BCUT2D eigenvalue weighted by molar-refractivity contribution is 0.0718. The van der Waals surface area contributed by atoms with Crippen molar-refractivity contribution in [1.82, 2.24) is 9.80 Å². The fraction of sp³-hybridized carbons (Fsp3) is 0.391. The molecule has 0 bridgehead atoms. The average Bonchev–Trinajstić information content (AvgIpc) is 3.08. The number of benzene rings is 2. The highest BCUT2D eigenvalue weighted by Crippen LogP contribution is 2.38. The van der Waals surface area contributed by atoms with Crippen LogP contribution in [0.2, 0.25) is 0 Å². The van der Waals surface area contributed by atoms with Crippen LogP contribution in [-0.4, -0.2) is 76.2 Å². The van der Waals surface area contributed by atoms with Gasteiger partial charge in [-0.2, -0.15) is 0 Å². The maximum Gasteiger partial charge on any atom is 0.254 e. The molecule has 0 aromatic heterocycles. The third-order valence-electron chi connectivity index (χ3n) is 5.32. The van der Waals surface area contributed by atoms with Crippen molar-refractivity contribution >= 4 is 11.8 Å². The highest BCUT2D eigenvalue weighted by Gasteiger charge is 2.25. The van der Waals surface area contributed by atoms with Crippen molar-refractivity contribution in [2.75, 3.05) is 54.6 Å². The Morgan fingerprint density at radius 2 is 1.19 bits per heavy atom. The molecule has 1 heterocycles. The Morgan fingerprint density at radius 3 is 1.65 bits per heavy atom. The first-order valence-electron chi connectivity index (χ1n) is 10.0. The second-order valence-electron chi connectivity index (χ2n) is 7.08. The number of amides is 2. The molecule has 0 spiro atoms. The zero-order chi connectivity index (χ0) is 22.4. The number of nitrogens with zero attached hydrogens (tertiary/aromatic N) is 2. The molecule has 2 aromatic rings. The van der Waals surface area contributed by atoms with Gasteiger partial charge in [-0.15, -0.1) is 0 Å². The van der Waals surface area contributed by atoms with Crippen molar-refractivity contribution in [2.45, 2.75) is 6.42 Å².